The van der Waals surface area contributed by atoms with Gasteiger partial charge >= 0.3 is 5.97 Å². The first-order chi connectivity index (χ1) is 9.08. The minimum absolute atomic E-state index is 0.0526. The molecule has 0 bridgehead atoms. The molecule has 4 nitrogen and oxygen atoms in total. The SMILES string of the molecule is CC1CC(c2ccccc2)OC(C(=O)O)=CCC1O. The van der Waals surface area contributed by atoms with E-state index >= 15 is 0 Å². The molecule has 1 aromatic carbocycles. The molecule has 0 aliphatic carbocycles. The van der Waals surface area contributed by atoms with Crippen molar-refractivity contribution < 1.29 is 19.7 Å². The van der Waals surface area contributed by atoms with Gasteiger partial charge in [0.1, 0.15) is 6.10 Å². The van der Waals surface area contributed by atoms with E-state index in [2.05, 4.69) is 0 Å². The number of aliphatic carboxylic acids is 1. The average Bonchev–Trinajstić information content (AvgIpc) is 2.40. The highest BCUT2D eigenvalue weighted by Gasteiger charge is 2.26. The van der Waals surface area contributed by atoms with Crippen LogP contribution >= 0.6 is 0 Å². The van der Waals surface area contributed by atoms with Gasteiger partial charge in [-0.1, -0.05) is 37.3 Å². The number of ether oxygens (including phenoxy) is 1. The number of hydrogen-bond acceptors (Lipinski definition) is 3. The molecule has 1 aromatic rings. The summed E-state index contributed by atoms with van der Waals surface area (Å²) in [4.78, 5) is 11.1. The molecule has 2 rings (SSSR count). The molecule has 0 amide bonds. The van der Waals surface area contributed by atoms with Crippen molar-refractivity contribution in [2.45, 2.75) is 32.0 Å². The van der Waals surface area contributed by atoms with Gasteiger partial charge in [-0.2, -0.15) is 0 Å². The molecule has 3 atom stereocenters. The van der Waals surface area contributed by atoms with Crippen LogP contribution in [0.1, 0.15) is 31.4 Å². The maximum Gasteiger partial charge on any atom is 0.370 e. The van der Waals surface area contributed by atoms with Crippen LogP contribution in [0.15, 0.2) is 42.2 Å². The summed E-state index contributed by atoms with van der Waals surface area (Å²) < 4.78 is 5.61. The van der Waals surface area contributed by atoms with Crippen molar-refractivity contribution in [2.24, 2.45) is 5.92 Å². The quantitative estimate of drug-likeness (QED) is 0.859. The Morgan fingerprint density at radius 2 is 2.00 bits per heavy atom. The fourth-order valence-corrected chi connectivity index (χ4v) is 2.21. The largest absolute Gasteiger partial charge is 0.479 e. The molecule has 4 heteroatoms. The van der Waals surface area contributed by atoms with Crippen LogP contribution < -0.4 is 0 Å². The van der Waals surface area contributed by atoms with Crippen LogP contribution in [0, 0.1) is 5.92 Å². The smallest absolute Gasteiger partial charge is 0.370 e. The Morgan fingerprint density at radius 1 is 1.32 bits per heavy atom. The maximum absolute atomic E-state index is 11.1. The van der Waals surface area contributed by atoms with Crippen molar-refractivity contribution in [3.05, 3.63) is 47.7 Å². The summed E-state index contributed by atoms with van der Waals surface area (Å²) in [7, 11) is 0. The van der Waals surface area contributed by atoms with E-state index in [0.717, 1.165) is 5.56 Å². The van der Waals surface area contributed by atoms with Crippen LogP contribution in [0.4, 0.5) is 0 Å². The molecule has 0 saturated heterocycles. The van der Waals surface area contributed by atoms with Crippen LogP contribution in [0.2, 0.25) is 0 Å². The normalized spacial score (nSPS) is 27.7. The molecule has 19 heavy (non-hydrogen) atoms. The van der Waals surface area contributed by atoms with Crippen LogP contribution in [-0.4, -0.2) is 22.3 Å². The van der Waals surface area contributed by atoms with Gasteiger partial charge in [-0.05, 0) is 30.4 Å². The van der Waals surface area contributed by atoms with E-state index in [4.69, 9.17) is 9.84 Å². The zero-order valence-electron chi connectivity index (χ0n) is 10.8. The number of rotatable bonds is 2. The second kappa shape index (κ2) is 5.89. The lowest BCUT2D eigenvalue weighted by Crippen LogP contribution is -2.24. The molecule has 0 fully saturated rings. The molecule has 1 aliphatic heterocycles. The van der Waals surface area contributed by atoms with Crippen LogP contribution in [0.3, 0.4) is 0 Å². The van der Waals surface area contributed by atoms with Crippen LogP contribution in [0.25, 0.3) is 0 Å². The number of hydrogen-bond donors (Lipinski definition) is 2. The molecule has 1 heterocycles. The van der Waals surface area contributed by atoms with Gasteiger partial charge in [-0.3, -0.25) is 0 Å². The molecule has 2 N–H and O–H groups in total. The van der Waals surface area contributed by atoms with Crippen molar-refractivity contribution in [1.82, 2.24) is 0 Å². The summed E-state index contributed by atoms with van der Waals surface area (Å²) in [5, 5.41) is 19.1. The second-order valence-electron chi connectivity index (χ2n) is 4.91. The highest BCUT2D eigenvalue weighted by atomic mass is 16.5. The van der Waals surface area contributed by atoms with Gasteiger partial charge in [-0.25, -0.2) is 4.79 Å². The summed E-state index contributed by atoms with van der Waals surface area (Å²) in [6.07, 6.45) is 1.48. The van der Waals surface area contributed by atoms with Crippen molar-refractivity contribution >= 4 is 5.97 Å². The van der Waals surface area contributed by atoms with E-state index in [9.17, 15) is 9.90 Å². The van der Waals surface area contributed by atoms with Crippen molar-refractivity contribution in [2.75, 3.05) is 0 Å². The number of carboxylic acid groups (broad SMARTS) is 1. The predicted octanol–water partition coefficient (Wildman–Crippen LogP) is 2.50. The summed E-state index contributed by atoms with van der Waals surface area (Å²) >= 11 is 0. The third-order valence-corrected chi connectivity index (χ3v) is 3.44. The summed E-state index contributed by atoms with van der Waals surface area (Å²) in [5.41, 5.74) is 0.926. The Hall–Kier alpha value is -1.81. The third-order valence-electron chi connectivity index (χ3n) is 3.44. The van der Waals surface area contributed by atoms with Gasteiger partial charge in [0.15, 0.2) is 0 Å². The fourth-order valence-electron chi connectivity index (χ4n) is 2.21. The Labute approximate surface area is 112 Å². The number of aliphatic hydroxyl groups excluding tert-OH is 1. The lowest BCUT2D eigenvalue weighted by molar-refractivity contribution is -0.138. The second-order valence-corrected chi connectivity index (χ2v) is 4.91. The minimum Gasteiger partial charge on any atom is -0.479 e. The van der Waals surface area contributed by atoms with Gasteiger partial charge in [0.2, 0.25) is 5.76 Å². The molecular weight excluding hydrogens is 244 g/mol. The highest BCUT2D eigenvalue weighted by Crippen LogP contribution is 2.32. The Bertz CT molecular complexity index is 466. The van der Waals surface area contributed by atoms with E-state index in [1.165, 1.54) is 6.08 Å². The minimum atomic E-state index is -1.09. The number of carboxylic acids is 1. The van der Waals surface area contributed by atoms with E-state index in [0.29, 0.717) is 12.8 Å². The van der Waals surface area contributed by atoms with E-state index < -0.39 is 12.1 Å². The van der Waals surface area contributed by atoms with Gasteiger partial charge in [-0.15, -0.1) is 0 Å². The summed E-state index contributed by atoms with van der Waals surface area (Å²) in [6.45, 7) is 1.95. The summed E-state index contributed by atoms with van der Waals surface area (Å²) in [5.74, 6) is -1.13. The van der Waals surface area contributed by atoms with Crippen molar-refractivity contribution in [1.29, 1.82) is 0 Å². The van der Waals surface area contributed by atoms with E-state index in [-0.39, 0.29) is 17.8 Å². The molecule has 0 aromatic heterocycles. The summed E-state index contributed by atoms with van der Waals surface area (Å²) in [6, 6.07) is 9.50. The topological polar surface area (TPSA) is 66.8 Å². The van der Waals surface area contributed by atoms with Gasteiger partial charge in [0.25, 0.3) is 0 Å². The van der Waals surface area contributed by atoms with Gasteiger partial charge in [0, 0.05) is 0 Å². The molecule has 1 aliphatic rings. The first-order valence-corrected chi connectivity index (χ1v) is 6.41. The molecule has 102 valence electrons. The first kappa shape index (κ1) is 13.6. The van der Waals surface area contributed by atoms with Crippen LogP contribution in [0.5, 0.6) is 0 Å². The standard InChI is InChI=1S/C15H18O4/c1-10-9-14(11-5-3-2-4-6-11)19-13(15(17)18)8-7-12(10)16/h2-6,8,10,12,14,16H,7,9H2,1H3,(H,17,18). The monoisotopic (exact) mass is 262 g/mol. The van der Waals surface area contributed by atoms with Crippen molar-refractivity contribution in [3.8, 4) is 0 Å². The maximum atomic E-state index is 11.1. The predicted molar refractivity (Wildman–Crippen MR) is 70.4 cm³/mol. The average molecular weight is 262 g/mol. The van der Waals surface area contributed by atoms with Crippen molar-refractivity contribution in [3.63, 3.8) is 0 Å². The molecule has 0 spiro atoms. The first-order valence-electron chi connectivity index (χ1n) is 6.41. The highest BCUT2D eigenvalue weighted by molar-refractivity contribution is 5.84. The Balaban J connectivity index is 2.28. The van der Waals surface area contributed by atoms with Crippen LogP contribution in [-0.2, 0) is 9.53 Å². The Kier molecular flexibility index (Phi) is 4.22. The van der Waals surface area contributed by atoms with E-state index in [1.807, 2.05) is 37.3 Å². The number of aliphatic hydroxyl groups is 1. The molecule has 0 radical (unpaired) electrons. The number of carbonyl (C=O) groups is 1. The van der Waals surface area contributed by atoms with E-state index in [1.54, 1.807) is 0 Å². The number of benzene rings is 1. The Morgan fingerprint density at radius 3 is 2.63 bits per heavy atom. The molecule has 0 saturated carbocycles. The zero-order chi connectivity index (χ0) is 13.8. The zero-order valence-corrected chi connectivity index (χ0v) is 10.8. The third kappa shape index (κ3) is 3.35. The van der Waals surface area contributed by atoms with Gasteiger partial charge in [0.05, 0.1) is 6.10 Å². The lowest BCUT2D eigenvalue weighted by Gasteiger charge is -2.28. The van der Waals surface area contributed by atoms with Gasteiger partial charge < -0.3 is 14.9 Å². The molecular formula is C15H18O4. The fraction of sp³-hybridized carbons (Fsp3) is 0.400. The lowest BCUT2D eigenvalue weighted by atomic mass is 9.91. The molecule has 3 unspecified atom stereocenters.